The van der Waals surface area contributed by atoms with Crippen molar-refractivity contribution in [2.75, 3.05) is 19.5 Å². The van der Waals surface area contributed by atoms with Gasteiger partial charge >= 0.3 is 11.9 Å². The lowest BCUT2D eigenvalue weighted by Gasteiger charge is -2.20. The number of nitrogens with zero attached hydrogens (tertiary/aromatic N) is 5. The van der Waals surface area contributed by atoms with Crippen LogP contribution in [0.1, 0.15) is 30.0 Å². The van der Waals surface area contributed by atoms with E-state index in [9.17, 15) is 27.9 Å². The van der Waals surface area contributed by atoms with Crippen molar-refractivity contribution in [3.63, 3.8) is 0 Å². The molecule has 0 aliphatic rings. The van der Waals surface area contributed by atoms with Crippen LogP contribution in [0.4, 0.5) is 23.2 Å². The second-order valence-corrected chi connectivity index (χ2v) is 7.31. The average molecular weight is 530 g/mol. The second kappa shape index (κ2) is 10.8. The molecule has 3 rings (SSSR count). The van der Waals surface area contributed by atoms with Crippen LogP contribution < -0.4 is 25.2 Å². The van der Waals surface area contributed by atoms with Crippen molar-refractivity contribution in [1.82, 2.24) is 24.3 Å². The summed E-state index contributed by atoms with van der Waals surface area (Å²) in [7, 11) is 2.54. The van der Waals surface area contributed by atoms with Crippen LogP contribution in [0.25, 0.3) is 5.82 Å². The van der Waals surface area contributed by atoms with Crippen LogP contribution in [0, 0.1) is 5.82 Å². The first-order valence-electron chi connectivity index (χ1n) is 10.6. The van der Waals surface area contributed by atoms with Gasteiger partial charge in [-0.3, -0.25) is 9.36 Å². The molecule has 0 saturated heterocycles. The molecule has 0 saturated carbocycles. The van der Waals surface area contributed by atoms with Crippen molar-refractivity contribution in [2.24, 2.45) is 0 Å². The normalized spacial score (nSPS) is 12.2. The maximum Gasteiger partial charge on any atom is 0.425 e. The number of methoxy groups -OCH3 is 2. The van der Waals surface area contributed by atoms with Crippen LogP contribution in [0.5, 0.6) is 17.5 Å². The van der Waals surface area contributed by atoms with Gasteiger partial charge < -0.3 is 24.6 Å². The van der Waals surface area contributed by atoms with Crippen LogP contribution in [0.15, 0.2) is 23.1 Å². The van der Waals surface area contributed by atoms with E-state index in [0.29, 0.717) is 17.7 Å². The van der Waals surface area contributed by atoms with Crippen molar-refractivity contribution in [2.45, 2.75) is 39.3 Å². The van der Waals surface area contributed by atoms with Crippen molar-refractivity contribution < 1.29 is 41.7 Å². The molecule has 0 fully saturated rings. The zero-order chi connectivity index (χ0) is 27.5. The minimum absolute atomic E-state index is 0.0556. The summed E-state index contributed by atoms with van der Waals surface area (Å²) < 4.78 is 71.5. The van der Waals surface area contributed by atoms with Gasteiger partial charge in [0.2, 0.25) is 11.8 Å². The number of rotatable bonds is 9. The maximum atomic E-state index is 15.2. The number of carbonyl (C=O) groups excluding carboxylic acids is 1. The largest absolute Gasteiger partial charge is 0.494 e. The minimum Gasteiger partial charge on any atom is -0.494 e. The summed E-state index contributed by atoms with van der Waals surface area (Å²) in [6, 6.07) is 1.92. The quantitative estimate of drug-likeness (QED) is 0.398. The monoisotopic (exact) mass is 530 g/mol. The van der Waals surface area contributed by atoms with Gasteiger partial charge in [0.1, 0.15) is 23.6 Å². The van der Waals surface area contributed by atoms with E-state index >= 15 is 4.39 Å². The van der Waals surface area contributed by atoms with Crippen molar-refractivity contribution in [1.29, 1.82) is 0 Å². The number of alkyl halides is 3. The topological polar surface area (TPSA) is 143 Å². The molecular weight excluding hydrogens is 508 g/mol. The molecule has 3 aromatic rings. The number of pyridine rings is 2. The molecule has 0 aliphatic carbocycles. The SMILES string of the molecule is CCn1c(CO)nn(-c2nc(OC(C)C(F)(F)F)c(C(=O)Nc3c(OC)ccnc3OC)cc2F)c1=O. The molecule has 1 atom stereocenters. The molecule has 16 heteroatoms. The number of ether oxygens (including phenoxy) is 3. The number of aromatic nitrogens is 5. The fourth-order valence-electron chi connectivity index (χ4n) is 3.15. The summed E-state index contributed by atoms with van der Waals surface area (Å²) in [5.74, 6) is -4.36. The van der Waals surface area contributed by atoms with Crippen LogP contribution in [-0.2, 0) is 13.2 Å². The lowest BCUT2D eigenvalue weighted by molar-refractivity contribution is -0.190. The highest BCUT2D eigenvalue weighted by atomic mass is 19.4. The Balaban J connectivity index is 2.17. The minimum atomic E-state index is -4.87. The summed E-state index contributed by atoms with van der Waals surface area (Å²) >= 11 is 0. The van der Waals surface area contributed by atoms with E-state index in [1.165, 1.54) is 26.5 Å². The second-order valence-electron chi connectivity index (χ2n) is 7.31. The van der Waals surface area contributed by atoms with Crippen molar-refractivity contribution in [3.8, 4) is 23.3 Å². The molecule has 3 heterocycles. The van der Waals surface area contributed by atoms with Gasteiger partial charge in [-0.2, -0.15) is 22.8 Å². The van der Waals surface area contributed by atoms with E-state index in [1.807, 2.05) is 0 Å². The molecule has 0 spiro atoms. The van der Waals surface area contributed by atoms with E-state index in [4.69, 9.17) is 14.2 Å². The van der Waals surface area contributed by atoms with E-state index in [2.05, 4.69) is 20.4 Å². The molecule has 200 valence electrons. The fraction of sp³-hybridized carbons (Fsp3) is 0.381. The van der Waals surface area contributed by atoms with Gasteiger partial charge in [0.15, 0.2) is 23.6 Å². The Morgan fingerprint density at radius 1 is 1.24 bits per heavy atom. The summed E-state index contributed by atoms with van der Waals surface area (Å²) in [5, 5.41) is 15.6. The number of amides is 1. The maximum absolute atomic E-state index is 15.2. The first kappa shape index (κ1) is 27.4. The van der Waals surface area contributed by atoms with Crippen LogP contribution >= 0.6 is 0 Å². The van der Waals surface area contributed by atoms with E-state index in [1.54, 1.807) is 6.92 Å². The number of hydrogen-bond acceptors (Lipinski definition) is 9. The number of nitrogens with one attached hydrogen (secondary N) is 1. The third kappa shape index (κ3) is 5.47. The van der Waals surface area contributed by atoms with E-state index < -0.39 is 53.6 Å². The molecule has 37 heavy (non-hydrogen) atoms. The van der Waals surface area contributed by atoms with Gasteiger partial charge in [0.25, 0.3) is 5.91 Å². The van der Waals surface area contributed by atoms with E-state index in [0.717, 1.165) is 4.57 Å². The first-order valence-corrected chi connectivity index (χ1v) is 10.6. The number of aliphatic hydroxyl groups is 1. The number of aliphatic hydroxyl groups excluding tert-OH is 1. The molecule has 0 aliphatic heterocycles. The lowest BCUT2D eigenvalue weighted by atomic mass is 10.2. The Kier molecular flexibility index (Phi) is 8.00. The number of hydrogen-bond donors (Lipinski definition) is 2. The predicted molar refractivity (Wildman–Crippen MR) is 119 cm³/mol. The standard InChI is InChI=1S/C21H22F4N6O6/c1-5-30-14(9-32)29-31(20(30)34)16-12(22)8-11(18(28-16)37-10(2)21(23,24)25)17(33)27-15-13(35-3)6-7-26-19(15)36-4/h6-8,10,32H,5,9H2,1-4H3,(H,27,33). The Morgan fingerprint density at radius 2 is 1.95 bits per heavy atom. The Labute approximate surface area is 206 Å². The summed E-state index contributed by atoms with van der Waals surface area (Å²) in [4.78, 5) is 33.3. The number of carbonyl (C=O) groups is 1. The van der Waals surface area contributed by atoms with Crippen LogP contribution in [0.3, 0.4) is 0 Å². The van der Waals surface area contributed by atoms with Gasteiger partial charge in [-0.1, -0.05) is 0 Å². The van der Waals surface area contributed by atoms with Gasteiger partial charge in [0.05, 0.1) is 14.2 Å². The highest BCUT2D eigenvalue weighted by molar-refractivity contribution is 6.07. The lowest BCUT2D eigenvalue weighted by Crippen LogP contribution is -2.33. The molecule has 1 unspecified atom stereocenters. The summed E-state index contributed by atoms with van der Waals surface area (Å²) in [6.45, 7) is 1.59. The molecule has 2 N–H and O–H groups in total. The zero-order valence-corrected chi connectivity index (χ0v) is 20.0. The van der Waals surface area contributed by atoms with Gasteiger partial charge in [-0.15, -0.1) is 5.10 Å². The third-order valence-corrected chi connectivity index (χ3v) is 5.04. The molecule has 0 bridgehead atoms. The molecule has 1 amide bonds. The predicted octanol–water partition coefficient (Wildman–Crippen LogP) is 2.07. The summed E-state index contributed by atoms with van der Waals surface area (Å²) in [6.07, 6.45) is -6.02. The Morgan fingerprint density at radius 3 is 2.49 bits per heavy atom. The van der Waals surface area contributed by atoms with Gasteiger partial charge in [-0.05, 0) is 19.9 Å². The third-order valence-electron chi connectivity index (χ3n) is 5.04. The molecule has 3 aromatic heterocycles. The molecule has 0 aromatic carbocycles. The number of halogens is 4. The van der Waals surface area contributed by atoms with Crippen LogP contribution in [0.2, 0.25) is 0 Å². The first-order chi connectivity index (χ1) is 17.5. The fourth-order valence-corrected chi connectivity index (χ4v) is 3.15. The molecule has 0 radical (unpaired) electrons. The molecular formula is C21H22F4N6O6. The molecule has 12 nitrogen and oxygen atoms in total. The Hall–Kier alpha value is -4.21. The Bertz CT molecular complexity index is 1330. The average Bonchev–Trinajstić information content (AvgIpc) is 3.19. The van der Waals surface area contributed by atoms with Crippen molar-refractivity contribution >= 4 is 11.6 Å². The highest BCUT2D eigenvalue weighted by Gasteiger charge is 2.39. The highest BCUT2D eigenvalue weighted by Crippen LogP contribution is 2.34. The van der Waals surface area contributed by atoms with E-state index in [-0.39, 0.29) is 29.7 Å². The smallest absolute Gasteiger partial charge is 0.425 e. The zero-order valence-electron chi connectivity index (χ0n) is 20.0. The van der Waals surface area contributed by atoms with Gasteiger partial charge in [0, 0.05) is 18.8 Å². The van der Waals surface area contributed by atoms with Gasteiger partial charge in [-0.25, -0.2) is 14.2 Å². The van der Waals surface area contributed by atoms with Crippen LogP contribution in [-0.4, -0.2) is 61.8 Å². The number of anilines is 1. The van der Waals surface area contributed by atoms with Crippen molar-refractivity contribution in [3.05, 3.63) is 46.0 Å². The summed E-state index contributed by atoms with van der Waals surface area (Å²) in [5.41, 5.74) is -1.76.